The van der Waals surface area contributed by atoms with Gasteiger partial charge in [-0.15, -0.1) is 0 Å². The summed E-state index contributed by atoms with van der Waals surface area (Å²) in [7, 11) is 1.73. The fourth-order valence-electron chi connectivity index (χ4n) is 1.44. The zero-order chi connectivity index (χ0) is 11.2. The van der Waals surface area contributed by atoms with E-state index in [-0.39, 0.29) is 11.0 Å². The maximum atomic E-state index is 11.8. The summed E-state index contributed by atoms with van der Waals surface area (Å²) in [5, 5.41) is 4.01. The summed E-state index contributed by atoms with van der Waals surface area (Å²) in [6, 6.07) is 0. The molecule has 0 saturated heterocycles. The highest BCUT2D eigenvalue weighted by Gasteiger charge is 2.18. The largest absolute Gasteiger partial charge is 0.308 e. The fourth-order valence-corrected chi connectivity index (χ4v) is 1.44. The number of hydrogen-bond donors (Lipinski definition) is 1. The number of rotatable bonds is 0. The third-order valence-corrected chi connectivity index (χ3v) is 2.31. The molecule has 0 bridgehead atoms. The summed E-state index contributed by atoms with van der Waals surface area (Å²) in [6.45, 7) is 6.02. The molecule has 2 aromatic heterocycles. The van der Waals surface area contributed by atoms with Gasteiger partial charge < -0.3 is 4.98 Å². The summed E-state index contributed by atoms with van der Waals surface area (Å²) in [5.41, 5.74) is 0.863. The molecule has 5 heteroatoms. The van der Waals surface area contributed by atoms with E-state index in [0.29, 0.717) is 16.9 Å². The van der Waals surface area contributed by atoms with Crippen LogP contribution in [0.3, 0.4) is 0 Å². The van der Waals surface area contributed by atoms with Gasteiger partial charge in [-0.1, -0.05) is 20.8 Å². The first kappa shape index (κ1) is 9.89. The van der Waals surface area contributed by atoms with Crippen LogP contribution in [0.2, 0.25) is 0 Å². The molecule has 0 aliphatic heterocycles. The Bertz CT molecular complexity index is 559. The van der Waals surface area contributed by atoms with Crippen LogP contribution in [0.15, 0.2) is 11.0 Å². The lowest BCUT2D eigenvalue weighted by Gasteiger charge is -2.16. The maximum absolute atomic E-state index is 11.8. The van der Waals surface area contributed by atoms with Crippen molar-refractivity contribution in [1.82, 2.24) is 19.7 Å². The Morgan fingerprint density at radius 1 is 1.40 bits per heavy atom. The van der Waals surface area contributed by atoms with Gasteiger partial charge in [0.25, 0.3) is 5.56 Å². The lowest BCUT2D eigenvalue weighted by atomic mass is 9.96. The predicted octanol–water partition coefficient (Wildman–Crippen LogP) is 0.954. The number of aryl methyl sites for hydroxylation is 1. The molecule has 2 rings (SSSR count). The first-order valence-electron chi connectivity index (χ1n) is 4.82. The Balaban J connectivity index is 2.81. The lowest BCUT2D eigenvalue weighted by Crippen LogP contribution is -2.22. The van der Waals surface area contributed by atoms with Gasteiger partial charge in [0.05, 0.1) is 6.20 Å². The van der Waals surface area contributed by atoms with Gasteiger partial charge in [-0.25, -0.2) is 4.98 Å². The molecule has 0 radical (unpaired) electrons. The van der Waals surface area contributed by atoms with Crippen LogP contribution in [0.4, 0.5) is 0 Å². The van der Waals surface area contributed by atoms with Crippen molar-refractivity contribution >= 4 is 11.0 Å². The van der Waals surface area contributed by atoms with Crippen LogP contribution < -0.4 is 5.56 Å². The zero-order valence-electron chi connectivity index (χ0n) is 9.33. The van der Waals surface area contributed by atoms with E-state index in [9.17, 15) is 4.79 Å². The van der Waals surface area contributed by atoms with E-state index >= 15 is 0 Å². The van der Waals surface area contributed by atoms with Crippen molar-refractivity contribution in [3.63, 3.8) is 0 Å². The second-order valence-corrected chi connectivity index (χ2v) is 4.67. The highest BCUT2D eigenvalue weighted by atomic mass is 16.1. The van der Waals surface area contributed by atoms with Gasteiger partial charge in [-0.05, 0) is 0 Å². The van der Waals surface area contributed by atoms with Gasteiger partial charge >= 0.3 is 0 Å². The van der Waals surface area contributed by atoms with Gasteiger partial charge in [0.2, 0.25) is 0 Å². The maximum Gasteiger partial charge on any atom is 0.277 e. The summed E-state index contributed by atoms with van der Waals surface area (Å²) >= 11 is 0. The van der Waals surface area contributed by atoms with Crippen LogP contribution >= 0.6 is 0 Å². The Hall–Kier alpha value is -1.65. The molecule has 2 aromatic rings. The molecule has 0 spiro atoms. The molecule has 1 N–H and O–H groups in total. The van der Waals surface area contributed by atoms with E-state index in [0.717, 1.165) is 0 Å². The van der Waals surface area contributed by atoms with Crippen LogP contribution in [0.1, 0.15) is 26.6 Å². The van der Waals surface area contributed by atoms with E-state index in [4.69, 9.17) is 0 Å². The van der Waals surface area contributed by atoms with Crippen LogP contribution in [-0.4, -0.2) is 19.7 Å². The summed E-state index contributed by atoms with van der Waals surface area (Å²) in [4.78, 5) is 19.0. The van der Waals surface area contributed by atoms with Crippen LogP contribution in [-0.2, 0) is 12.5 Å². The van der Waals surface area contributed by atoms with Crippen molar-refractivity contribution in [2.24, 2.45) is 7.05 Å². The van der Waals surface area contributed by atoms with Crippen LogP contribution in [0, 0.1) is 0 Å². The van der Waals surface area contributed by atoms with E-state index in [1.165, 1.54) is 4.68 Å². The molecule has 0 fully saturated rings. The van der Waals surface area contributed by atoms with Crippen molar-refractivity contribution in [2.45, 2.75) is 26.2 Å². The second-order valence-electron chi connectivity index (χ2n) is 4.67. The van der Waals surface area contributed by atoms with Gasteiger partial charge in [-0.3, -0.25) is 9.48 Å². The van der Waals surface area contributed by atoms with Gasteiger partial charge in [0, 0.05) is 12.5 Å². The summed E-state index contributed by atoms with van der Waals surface area (Å²) < 4.78 is 1.54. The van der Waals surface area contributed by atoms with Crippen LogP contribution in [0.25, 0.3) is 11.0 Å². The monoisotopic (exact) mass is 206 g/mol. The standard InChI is InChI=1S/C10H14N4O/c1-10(2,3)9-12-6-5-11-14(4)7(6)8(15)13-9/h5H,1-4H3,(H,12,13,15). The number of nitrogens with one attached hydrogen (secondary N) is 1. The molecule has 0 atom stereocenters. The number of aromatic nitrogens is 4. The van der Waals surface area contributed by atoms with Gasteiger partial charge in [0.1, 0.15) is 11.3 Å². The minimum absolute atomic E-state index is 0.134. The summed E-state index contributed by atoms with van der Waals surface area (Å²) in [6.07, 6.45) is 1.61. The molecule has 0 aromatic carbocycles. The fraction of sp³-hybridized carbons (Fsp3) is 0.500. The Morgan fingerprint density at radius 2 is 2.07 bits per heavy atom. The molecule has 15 heavy (non-hydrogen) atoms. The molecule has 0 amide bonds. The molecule has 80 valence electrons. The van der Waals surface area contributed by atoms with E-state index in [1.54, 1.807) is 13.2 Å². The van der Waals surface area contributed by atoms with Gasteiger partial charge in [0.15, 0.2) is 5.52 Å². The first-order valence-corrected chi connectivity index (χ1v) is 4.82. The SMILES string of the molecule is Cn1ncc2nc(C(C)(C)C)[nH]c(=O)c21. The van der Waals surface area contributed by atoms with E-state index in [2.05, 4.69) is 15.1 Å². The second kappa shape index (κ2) is 2.92. The number of H-pyrrole nitrogens is 1. The van der Waals surface area contributed by atoms with Crippen molar-refractivity contribution < 1.29 is 0 Å². The molecule has 0 aliphatic rings. The normalized spacial score (nSPS) is 12.3. The smallest absolute Gasteiger partial charge is 0.277 e. The van der Waals surface area contributed by atoms with Crippen molar-refractivity contribution in [3.8, 4) is 0 Å². The quantitative estimate of drug-likeness (QED) is 0.698. The van der Waals surface area contributed by atoms with Crippen molar-refractivity contribution in [2.75, 3.05) is 0 Å². The average Bonchev–Trinajstić information content (AvgIpc) is 2.46. The number of fused-ring (bicyclic) bond motifs is 1. The van der Waals surface area contributed by atoms with Crippen LogP contribution in [0.5, 0.6) is 0 Å². The third kappa shape index (κ3) is 1.54. The number of hydrogen-bond acceptors (Lipinski definition) is 3. The first-order chi connectivity index (χ1) is 6.89. The minimum atomic E-state index is -0.164. The highest BCUT2D eigenvalue weighted by Crippen LogP contribution is 2.18. The summed E-state index contributed by atoms with van der Waals surface area (Å²) in [5.74, 6) is 0.688. The molecular weight excluding hydrogens is 192 g/mol. The Morgan fingerprint density at radius 3 is 2.67 bits per heavy atom. The third-order valence-electron chi connectivity index (χ3n) is 2.31. The van der Waals surface area contributed by atoms with Gasteiger partial charge in [-0.2, -0.15) is 5.10 Å². The number of aromatic amines is 1. The Kier molecular flexibility index (Phi) is 1.92. The molecule has 0 aliphatic carbocycles. The molecule has 5 nitrogen and oxygen atoms in total. The molecular formula is C10H14N4O. The lowest BCUT2D eigenvalue weighted by molar-refractivity contribution is 0.546. The zero-order valence-corrected chi connectivity index (χ0v) is 9.33. The van der Waals surface area contributed by atoms with Crippen molar-refractivity contribution in [1.29, 1.82) is 0 Å². The van der Waals surface area contributed by atoms with E-state index in [1.807, 2.05) is 20.8 Å². The molecule has 0 unspecified atom stereocenters. The number of nitrogens with zero attached hydrogens (tertiary/aromatic N) is 3. The highest BCUT2D eigenvalue weighted by molar-refractivity contribution is 5.72. The minimum Gasteiger partial charge on any atom is -0.308 e. The topological polar surface area (TPSA) is 63.6 Å². The Labute approximate surface area is 87.1 Å². The van der Waals surface area contributed by atoms with Crippen molar-refractivity contribution in [3.05, 3.63) is 22.4 Å². The predicted molar refractivity (Wildman–Crippen MR) is 57.8 cm³/mol. The molecule has 0 saturated carbocycles. The van der Waals surface area contributed by atoms with E-state index < -0.39 is 0 Å². The average molecular weight is 206 g/mol. The molecule has 2 heterocycles.